The van der Waals surface area contributed by atoms with Crippen molar-refractivity contribution in [1.82, 2.24) is 0 Å². The molecule has 25 heavy (non-hydrogen) atoms. The second-order valence-corrected chi connectivity index (χ2v) is 5.11. The molecular formula is C19H18O6. The van der Waals surface area contributed by atoms with E-state index in [9.17, 15) is 19.8 Å². The molecule has 0 aliphatic heterocycles. The van der Waals surface area contributed by atoms with Crippen molar-refractivity contribution in [2.75, 3.05) is 6.61 Å². The summed E-state index contributed by atoms with van der Waals surface area (Å²) in [6.45, 7) is 3.22. The third kappa shape index (κ3) is 5.19. The number of esters is 1. The summed E-state index contributed by atoms with van der Waals surface area (Å²) in [5.41, 5.74) is 0.587. The van der Waals surface area contributed by atoms with Crippen LogP contribution in [0.4, 0.5) is 0 Å². The first-order valence-corrected chi connectivity index (χ1v) is 7.58. The van der Waals surface area contributed by atoms with Crippen LogP contribution in [0, 0.1) is 0 Å². The normalized spacial score (nSPS) is 11.4. The number of carbonyl (C=O) groups excluding carboxylic acids is 2. The monoisotopic (exact) mass is 342 g/mol. The van der Waals surface area contributed by atoms with Gasteiger partial charge in [0.25, 0.3) is 0 Å². The van der Waals surface area contributed by atoms with Gasteiger partial charge in [-0.2, -0.15) is 0 Å². The minimum atomic E-state index is -1.23. The van der Waals surface area contributed by atoms with Crippen LogP contribution in [-0.4, -0.2) is 34.9 Å². The van der Waals surface area contributed by atoms with Crippen molar-refractivity contribution in [3.05, 3.63) is 72.3 Å². The lowest BCUT2D eigenvalue weighted by Crippen LogP contribution is -2.19. The van der Waals surface area contributed by atoms with Gasteiger partial charge in [0.2, 0.25) is 6.29 Å². The predicted molar refractivity (Wildman–Crippen MR) is 90.4 cm³/mol. The zero-order valence-corrected chi connectivity index (χ0v) is 13.4. The number of aliphatic hydroxyl groups is 1. The summed E-state index contributed by atoms with van der Waals surface area (Å²) in [6.07, 6.45) is -0.161. The van der Waals surface area contributed by atoms with Crippen LogP contribution in [0.1, 0.15) is 22.3 Å². The molecule has 0 spiro atoms. The van der Waals surface area contributed by atoms with Crippen LogP contribution in [0.5, 0.6) is 11.5 Å². The fourth-order valence-electron chi connectivity index (χ4n) is 2.06. The van der Waals surface area contributed by atoms with E-state index < -0.39 is 12.3 Å². The summed E-state index contributed by atoms with van der Waals surface area (Å²) >= 11 is 0. The standard InChI is InChI=1S/C19H18O6/c1-2-17(21)24-11-10-18(22)25-14-8-9-15(16(20)12-14)19(23)13-6-4-3-5-7-13/h2-9,12,18,20,22H,1,10-11H2. The Hall–Kier alpha value is -3.12. The van der Waals surface area contributed by atoms with Gasteiger partial charge in [-0.3, -0.25) is 4.79 Å². The van der Waals surface area contributed by atoms with Gasteiger partial charge in [-0.25, -0.2) is 4.79 Å². The zero-order chi connectivity index (χ0) is 18.2. The van der Waals surface area contributed by atoms with Crippen molar-refractivity contribution in [2.45, 2.75) is 12.7 Å². The highest BCUT2D eigenvalue weighted by atomic mass is 16.6. The number of phenolic OH excluding ortho intramolecular Hbond substituents is 1. The molecular weight excluding hydrogens is 324 g/mol. The number of rotatable bonds is 8. The molecule has 2 N–H and O–H groups in total. The molecule has 130 valence electrons. The van der Waals surface area contributed by atoms with E-state index in [1.807, 2.05) is 0 Å². The van der Waals surface area contributed by atoms with Crippen LogP contribution in [0.3, 0.4) is 0 Å². The van der Waals surface area contributed by atoms with E-state index in [0.29, 0.717) is 5.56 Å². The van der Waals surface area contributed by atoms with Crippen LogP contribution >= 0.6 is 0 Å². The summed E-state index contributed by atoms with van der Waals surface area (Å²) in [4.78, 5) is 23.2. The molecule has 1 atom stereocenters. The number of ketones is 1. The number of carbonyl (C=O) groups is 2. The first-order valence-electron chi connectivity index (χ1n) is 7.58. The molecule has 2 aromatic rings. The highest BCUT2D eigenvalue weighted by Crippen LogP contribution is 2.26. The Morgan fingerprint density at radius 1 is 1.16 bits per heavy atom. The second-order valence-electron chi connectivity index (χ2n) is 5.11. The summed E-state index contributed by atoms with van der Waals surface area (Å²) < 4.78 is 9.95. The lowest BCUT2D eigenvalue weighted by atomic mass is 10.0. The largest absolute Gasteiger partial charge is 0.507 e. The molecule has 0 radical (unpaired) electrons. The first kappa shape index (κ1) is 18.2. The average molecular weight is 342 g/mol. The van der Waals surface area contributed by atoms with Crippen molar-refractivity contribution < 1.29 is 29.3 Å². The van der Waals surface area contributed by atoms with E-state index in [1.165, 1.54) is 18.2 Å². The molecule has 0 aliphatic carbocycles. The molecule has 2 rings (SSSR count). The maximum Gasteiger partial charge on any atom is 0.330 e. The van der Waals surface area contributed by atoms with E-state index in [0.717, 1.165) is 6.08 Å². The molecule has 0 fully saturated rings. The molecule has 0 saturated heterocycles. The number of aliphatic hydroxyl groups excluding tert-OH is 1. The topological polar surface area (TPSA) is 93.1 Å². The fourth-order valence-corrected chi connectivity index (χ4v) is 2.06. The highest BCUT2D eigenvalue weighted by molar-refractivity contribution is 6.10. The van der Waals surface area contributed by atoms with E-state index in [1.54, 1.807) is 30.3 Å². The van der Waals surface area contributed by atoms with Gasteiger partial charge >= 0.3 is 5.97 Å². The first-order chi connectivity index (χ1) is 12.0. The van der Waals surface area contributed by atoms with E-state index in [4.69, 9.17) is 9.47 Å². The second kappa shape index (κ2) is 8.65. The van der Waals surface area contributed by atoms with E-state index in [2.05, 4.69) is 6.58 Å². The maximum absolute atomic E-state index is 12.3. The SMILES string of the molecule is C=CC(=O)OCCC(O)Oc1ccc(C(=O)c2ccccc2)c(O)c1. The Balaban J connectivity index is 1.98. The van der Waals surface area contributed by atoms with Gasteiger partial charge in [0, 0.05) is 24.1 Å². The van der Waals surface area contributed by atoms with Crippen molar-refractivity contribution in [3.63, 3.8) is 0 Å². The minimum absolute atomic E-state index is 0.0391. The molecule has 0 aromatic heterocycles. The number of ether oxygens (including phenoxy) is 2. The molecule has 0 heterocycles. The fraction of sp³-hybridized carbons (Fsp3) is 0.158. The number of aromatic hydroxyl groups is 1. The lowest BCUT2D eigenvalue weighted by molar-refractivity contribution is -0.139. The summed E-state index contributed by atoms with van der Waals surface area (Å²) in [5, 5.41) is 19.8. The number of phenols is 1. The van der Waals surface area contributed by atoms with Crippen LogP contribution in [-0.2, 0) is 9.53 Å². The molecule has 0 amide bonds. The van der Waals surface area contributed by atoms with E-state index in [-0.39, 0.29) is 35.9 Å². The Morgan fingerprint density at radius 2 is 1.88 bits per heavy atom. The van der Waals surface area contributed by atoms with E-state index >= 15 is 0 Å². The number of benzene rings is 2. The van der Waals surface area contributed by atoms with Gasteiger partial charge in [0.05, 0.1) is 12.2 Å². The Labute approximate surface area is 144 Å². The molecule has 6 heteroatoms. The third-order valence-corrected chi connectivity index (χ3v) is 3.30. The molecule has 0 bridgehead atoms. The quantitative estimate of drug-likeness (QED) is 0.331. The van der Waals surface area contributed by atoms with Gasteiger partial charge < -0.3 is 19.7 Å². The van der Waals surface area contributed by atoms with Crippen molar-refractivity contribution in [3.8, 4) is 11.5 Å². The lowest BCUT2D eigenvalue weighted by Gasteiger charge is -2.14. The van der Waals surface area contributed by atoms with Gasteiger partial charge in [-0.15, -0.1) is 0 Å². The maximum atomic E-state index is 12.3. The van der Waals surface area contributed by atoms with Crippen LogP contribution < -0.4 is 4.74 Å². The van der Waals surface area contributed by atoms with Crippen LogP contribution in [0.15, 0.2) is 61.2 Å². The number of hydrogen-bond acceptors (Lipinski definition) is 6. The van der Waals surface area contributed by atoms with Gasteiger partial charge in [-0.1, -0.05) is 36.9 Å². The van der Waals surface area contributed by atoms with Crippen molar-refractivity contribution in [2.24, 2.45) is 0 Å². The van der Waals surface area contributed by atoms with Gasteiger partial charge in [-0.05, 0) is 12.1 Å². The smallest absolute Gasteiger partial charge is 0.330 e. The van der Waals surface area contributed by atoms with Crippen molar-refractivity contribution in [1.29, 1.82) is 0 Å². The average Bonchev–Trinajstić information content (AvgIpc) is 2.62. The molecule has 0 aliphatic rings. The molecule has 0 saturated carbocycles. The predicted octanol–water partition coefficient (Wildman–Crippen LogP) is 2.44. The summed E-state index contributed by atoms with van der Waals surface area (Å²) in [6, 6.07) is 12.7. The summed E-state index contributed by atoms with van der Waals surface area (Å²) in [7, 11) is 0. The zero-order valence-electron chi connectivity index (χ0n) is 13.4. The molecule has 2 aromatic carbocycles. The van der Waals surface area contributed by atoms with Crippen molar-refractivity contribution >= 4 is 11.8 Å². The molecule has 1 unspecified atom stereocenters. The molecule has 6 nitrogen and oxygen atoms in total. The Bertz CT molecular complexity index is 754. The minimum Gasteiger partial charge on any atom is -0.507 e. The third-order valence-electron chi connectivity index (χ3n) is 3.30. The highest BCUT2D eigenvalue weighted by Gasteiger charge is 2.15. The summed E-state index contributed by atoms with van der Waals surface area (Å²) in [5.74, 6) is -0.976. The van der Waals surface area contributed by atoms with Crippen LogP contribution in [0.2, 0.25) is 0 Å². The van der Waals surface area contributed by atoms with Gasteiger partial charge in [0.15, 0.2) is 5.78 Å². The Morgan fingerprint density at radius 3 is 2.52 bits per heavy atom. The Kier molecular flexibility index (Phi) is 6.31. The van der Waals surface area contributed by atoms with Gasteiger partial charge in [0.1, 0.15) is 11.5 Å². The van der Waals surface area contributed by atoms with Crippen LogP contribution in [0.25, 0.3) is 0 Å². The number of hydrogen-bond donors (Lipinski definition) is 2.